The smallest absolute Gasteiger partial charge is 0.150 e. The third kappa shape index (κ3) is 3.50. The Balaban J connectivity index is 1.79. The number of imidazole rings is 1. The van der Waals surface area contributed by atoms with Crippen molar-refractivity contribution in [2.24, 2.45) is 5.16 Å². The molecule has 0 saturated heterocycles. The predicted molar refractivity (Wildman–Crippen MR) is 107 cm³/mol. The molecule has 1 aliphatic heterocycles. The molecule has 1 aliphatic rings. The van der Waals surface area contributed by atoms with Crippen LogP contribution in [0.15, 0.2) is 60.0 Å². The fraction of sp³-hybridized carbons (Fsp3) is 0.273. The normalized spacial score (nSPS) is 16.0. The highest BCUT2D eigenvalue weighted by Gasteiger charge is 2.24. The summed E-state index contributed by atoms with van der Waals surface area (Å²) < 4.78 is 21.3. The van der Waals surface area contributed by atoms with Crippen molar-refractivity contribution >= 4 is 5.71 Å². The summed E-state index contributed by atoms with van der Waals surface area (Å²) in [4.78, 5) is 10.3. The van der Waals surface area contributed by atoms with Crippen molar-refractivity contribution in [3.05, 3.63) is 60.7 Å². The van der Waals surface area contributed by atoms with Gasteiger partial charge < -0.3 is 14.1 Å². The van der Waals surface area contributed by atoms with Gasteiger partial charge in [0.25, 0.3) is 0 Å². The lowest BCUT2D eigenvalue weighted by Gasteiger charge is -2.16. The monoisotopic (exact) mass is 379 g/mol. The Hall–Kier alpha value is -3.15. The van der Waals surface area contributed by atoms with Gasteiger partial charge in [-0.15, -0.1) is 0 Å². The van der Waals surface area contributed by atoms with Crippen LogP contribution in [0.1, 0.15) is 19.8 Å². The third-order valence-corrected chi connectivity index (χ3v) is 4.91. The van der Waals surface area contributed by atoms with Crippen LogP contribution in [0, 0.1) is 5.82 Å². The Bertz CT molecular complexity index is 998. The highest BCUT2D eigenvalue weighted by atomic mass is 19.1. The molecule has 6 heteroatoms. The second-order valence-corrected chi connectivity index (χ2v) is 6.75. The molecule has 0 amide bonds. The molecule has 28 heavy (non-hydrogen) atoms. The summed E-state index contributed by atoms with van der Waals surface area (Å²) in [6.45, 7) is 2.67. The summed E-state index contributed by atoms with van der Waals surface area (Å²) >= 11 is 0. The van der Waals surface area contributed by atoms with Gasteiger partial charge in [-0.1, -0.05) is 42.4 Å². The number of methoxy groups -OCH3 is 1. The Labute approximate surface area is 163 Å². The van der Waals surface area contributed by atoms with Gasteiger partial charge in [-0.2, -0.15) is 0 Å². The van der Waals surface area contributed by atoms with E-state index in [1.54, 1.807) is 19.5 Å². The van der Waals surface area contributed by atoms with E-state index in [4.69, 9.17) is 9.57 Å². The standard InChI is InChI=1S/C22H22FN3O2/c1-3-17-12-18(28-25-17)13-26-14-24-21(15-7-5-4-6-8-15)22(26)19-10-9-16(23)11-20(19)27-2/h4-11,14,18H,3,12-13H2,1-2H3/t18-/m1/s1. The second-order valence-electron chi connectivity index (χ2n) is 6.75. The average molecular weight is 379 g/mol. The fourth-order valence-corrected chi connectivity index (χ4v) is 3.48. The van der Waals surface area contributed by atoms with Crippen molar-refractivity contribution in [1.29, 1.82) is 0 Å². The minimum absolute atomic E-state index is 0.0435. The predicted octanol–water partition coefficient (Wildman–Crippen LogP) is 4.92. The van der Waals surface area contributed by atoms with Gasteiger partial charge in [-0.25, -0.2) is 9.37 Å². The largest absolute Gasteiger partial charge is 0.496 e. The Kier molecular flexibility index (Phi) is 5.10. The zero-order chi connectivity index (χ0) is 19.5. The zero-order valence-electron chi connectivity index (χ0n) is 15.9. The average Bonchev–Trinajstić information content (AvgIpc) is 3.36. The van der Waals surface area contributed by atoms with Crippen molar-refractivity contribution in [2.45, 2.75) is 32.4 Å². The molecule has 0 spiro atoms. The van der Waals surface area contributed by atoms with Gasteiger partial charge in [0.2, 0.25) is 0 Å². The summed E-state index contributed by atoms with van der Waals surface area (Å²) in [6, 6.07) is 14.5. The van der Waals surface area contributed by atoms with Crippen LogP contribution < -0.4 is 4.74 Å². The first-order valence-corrected chi connectivity index (χ1v) is 9.35. The van der Waals surface area contributed by atoms with Crippen LogP contribution >= 0.6 is 0 Å². The summed E-state index contributed by atoms with van der Waals surface area (Å²) in [6.07, 6.45) is 3.44. The van der Waals surface area contributed by atoms with E-state index < -0.39 is 0 Å². The molecule has 0 unspecified atom stereocenters. The van der Waals surface area contributed by atoms with Crippen molar-refractivity contribution < 1.29 is 14.0 Å². The van der Waals surface area contributed by atoms with Crippen LogP contribution in [-0.4, -0.2) is 28.5 Å². The molecule has 1 aromatic heterocycles. The molecule has 0 aliphatic carbocycles. The molecular weight excluding hydrogens is 357 g/mol. The number of aromatic nitrogens is 2. The van der Waals surface area contributed by atoms with Gasteiger partial charge in [0.1, 0.15) is 11.6 Å². The first kappa shape index (κ1) is 18.2. The van der Waals surface area contributed by atoms with E-state index in [1.165, 1.54) is 12.1 Å². The number of oxime groups is 1. The minimum atomic E-state index is -0.340. The number of nitrogens with zero attached hydrogens (tertiary/aromatic N) is 3. The zero-order valence-corrected chi connectivity index (χ0v) is 15.9. The molecule has 0 bridgehead atoms. The van der Waals surface area contributed by atoms with Crippen molar-refractivity contribution in [3.8, 4) is 28.3 Å². The maximum Gasteiger partial charge on any atom is 0.150 e. The van der Waals surface area contributed by atoms with Crippen molar-refractivity contribution in [1.82, 2.24) is 9.55 Å². The van der Waals surface area contributed by atoms with Gasteiger partial charge in [0, 0.05) is 23.6 Å². The number of ether oxygens (including phenoxy) is 1. The van der Waals surface area contributed by atoms with Crippen LogP contribution in [0.5, 0.6) is 5.75 Å². The quantitative estimate of drug-likeness (QED) is 0.611. The summed E-state index contributed by atoms with van der Waals surface area (Å²) in [7, 11) is 1.54. The van der Waals surface area contributed by atoms with E-state index in [0.717, 1.165) is 41.1 Å². The van der Waals surface area contributed by atoms with Crippen LogP contribution in [0.25, 0.3) is 22.5 Å². The molecule has 2 aromatic carbocycles. The topological polar surface area (TPSA) is 48.6 Å². The maximum absolute atomic E-state index is 13.8. The lowest BCUT2D eigenvalue weighted by molar-refractivity contribution is 0.0728. The number of rotatable bonds is 6. The van der Waals surface area contributed by atoms with E-state index in [0.29, 0.717) is 12.3 Å². The number of hydrogen-bond acceptors (Lipinski definition) is 4. The van der Waals surface area contributed by atoms with E-state index in [-0.39, 0.29) is 11.9 Å². The SMILES string of the molecule is CCC1=NO[C@@H](Cn2cnc(-c3ccccc3)c2-c2ccc(F)cc2OC)C1. The number of hydrogen-bond donors (Lipinski definition) is 0. The molecule has 1 atom stereocenters. The van der Waals surface area contributed by atoms with Crippen LogP contribution in [0.2, 0.25) is 0 Å². The van der Waals surface area contributed by atoms with Crippen LogP contribution in [0.4, 0.5) is 4.39 Å². The van der Waals surface area contributed by atoms with Gasteiger partial charge >= 0.3 is 0 Å². The van der Waals surface area contributed by atoms with Gasteiger partial charge in [-0.3, -0.25) is 0 Å². The molecule has 2 heterocycles. The van der Waals surface area contributed by atoms with Gasteiger partial charge in [0.05, 0.1) is 37.1 Å². The molecule has 0 radical (unpaired) electrons. The number of halogens is 1. The first-order chi connectivity index (χ1) is 13.7. The Morgan fingerprint density at radius 1 is 1.21 bits per heavy atom. The summed E-state index contributed by atoms with van der Waals surface area (Å²) in [5.41, 5.74) is 4.53. The fourth-order valence-electron chi connectivity index (χ4n) is 3.48. The molecule has 5 nitrogen and oxygen atoms in total. The Morgan fingerprint density at radius 2 is 2.04 bits per heavy atom. The molecule has 144 valence electrons. The third-order valence-electron chi connectivity index (χ3n) is 4.91. The molecule has 0 N–H and O–H groups in total. The molecule has 4 rings (SSSR count). The lowest BCUT2D eigenvalue weighted by atomic mass is 10.0. The molecule has 3 aromatic rings. The highest BCUT2D eigenvalue weighted by molar-refractivity contribution is 5.85. The van der Waals surface area contributed by atoms with E-state index in [1.807, 2.05) is 34.9 Å². The van der Waals surface area contributed by atoms with Crippen molar-refractivity contribution in [2.75, 3.05) is 7.11 Å². The highest BCUT2D eigenvalue weighted by Crippen LogP contribution is 2.37. The van der Waals surface area contributed by atoms with E-state index in [2.05, 4.69) is 17.1 Å². The number of benzene rings is 2. The summed E-state index contributed by atoms with van der Waals surface area (Å²) in [5, 5.41) is 4.15. The first-order valence-electron chi connectivity index (χ1n) is 9.35. The van der Waals surface area contributed by atoms with Gasteiger partial charge in [-0.05, 0) is 18.6 Å². The van der Waals surface area contributed by atoms with Crippen molar-refractivity contribution in [3.63, 3.8) is 0 Å². The maximum atomic E-state index is 13.8. The van der Waals surface area contributed by atoms with Gasteiger partial charge in [0.15, 0.2) is 6.10 Å². The van der Waals surface area contributed by atoms with Crippen LogP contribution in [0.3, 0.4) is 0 Å². The molecular formula is C22H22FN3O2. The summed E-state index contributed by atoms with van der Waals surface area (Å²) in [5.74, 6) is 0.129. The molecule has 0 saturated carbocycles. The second kappa shape index (κ2) is 7.84. The van der Waals surface area contributed by atoms with E-state index >= 15 is 0 Å². The minimum Gasteiger partial charge on any atom is -0.496 e. The molecule has 0 fully saturated rings. The lowest BCUT2D eigenvalue weighted by Crippen LogP contribution is -2.17. The van der Waals surface area contributed by atoms with E-state index in [9.17, 15) is 4.39 Å². The van der Waals surface area contributed by atoms with Crippen LogP contribution in [-0.2, 0) is 11.4 Å². The Morgan fingerprint density at radius 3 is 2.75 bits per heavy atom.